The van der Waals surface area contributed by atoms with Crippen LogP contribution < -0.4 is 5.32 Å². The topological polar surface area (TPSA) is 64.1 Å². The number of hydrogen-bond acceptors (Lipinski definition) is 4. The molecule has 1 aromatic rings. The van der Waals surface area contributed by atoms with Gasteiger partial charge in [-0.1, -0.05) is 23.2 Å². The summed E-state index contributed by atoms with van der Waals surface area (Å²) < 4.78 is 4.92. The Morgan fingerprint density at radius 3 is 2.88 bits per heavy atom. The third kappa shape index (κ3) is 4.46. The third-order valence-corrected chi connectivity index (χ3v) is 2.56. The van der Waals surface area contributed by atoms with Crippen LogP contribution in [0.3, 0.4) is 0 Å². The summed E-state index contributed by atoms with van der Waals surface area (Å²) in [6.07, 6.45) is 0.714. The number of nitrogens with one attached hydrogen (secondary N) is 1. The molecule has 0 aliphatic heterocycles. The molecule has 5 nitrogen and oxygen atoms in total. The number of nitrogens with zero attached hydrogens (tertiary/aromatic N) is 2. The number of carbonyl (C=O) groups excluding carboxylic acids is 1. The van der Waals surface area contributed by atoms with E-state index in [0.717, 1.165) is 0 Å². The first kappa shape index (κ1) is 14.2. The zero-order valence-electron chi connectivity index (χ0n) is 9.54. The molecule has 1 rings (SSSR count). The van der Waals surface area contributed by atoms with Gasteiger partial charge < -0.3 is 10.1 Å². The minimum atomic E-state index is -0.324. The van der Waals surface area contributed by atoms with Gasteiger partial charge in [-0.2, -0.15) is 0 Å². The van der Waals surface area contributed by atoms with Gasteiger partial charge in [-0.25, -0.2) is 0 Å². The van der Waals surface area contributed by atoms with Crippen LogP contribution in [0.1, 0.15) is 23.7 Å². The minimum Gasteiger partial charge on any atom is -0.385 e. The second kappa shape index (κ2) is 6.74. The Kier molecular flexibility index (Phi) is 5.61. The summed E-state index contributed by atoms with van der Waals surface area (Å²) in [6.45, 7) is 2.45. The highest BCUT2D eigenvalue weighted by atomic mass is 35.5. The van der Waals surface area contributed by atoms with Crippen LogP contribution in [0.15, 0.2) is 6.07 Å². The van der Waals surface area contributed by atoms with Gasteiger partial charge >= 0.3 is 0 Å². The van der Waals surface area contributed by atoms with Crippen molar-refractivity contribution in [1.82, 2.24) is 15.5 Å². The van der Waals surface area contributed by atoms with Crippen LogP contribution in [0.5, 0.6) is 0 Å². The maximum atomic E-state index is 11.8. The smallest absolute Gasteiger partial charge is 0.254 e. The van der Waals surface area contributed by atoms with E-state index in [-0.39, 0.29) is 27.8 Å². The summed E-state index contributed by atoms with van der Waals surface area (Å²) >= 11 is 11.4. The van der Waals surface area contributed by atoms with Crippen LogP contribution in [0.2, 0.25) is 10.3 Å². The number of carbonyl (C=O) groups is 1. The molecule has 0 bridgehead atoms. The van der Waals surface area contributed by atoms with Crippen LogP contribution >= 0.6 is 23.2 Å². The molecule has 94 valence electrons. The van der Waals surface area contributed by atoms with Gasteiger partial charge in [0.15, 0.2) is 10.3 Å². The summed E-state index contributed by atoms with van der Waals surface area (Å²) in [5.41, 5.74) is 0.218. The van der Waals surface area contributed by atoms with Crippen molar-refractivity contribution in [3.05, 3.63) is 21.9 Å². The molecule has 0 aromatic carbocycles. The van der Waals surface area contributed by atoms with Gasteiger partial charge in [0.2, 0.25) is 0 Å². The van der Waals surface area contributed by atoms with Crippen molar-refractivity contribution < 1.29 is 9.53 Å². The molecule has 0 aliphatic carbocycles. The molecule has 1 unspecified atom stereocenters. The fourth-order valence-corrected chi connectivity index (χ4v) is 1.51. The molecule has 0 saturated carbocycles. The number of methoxy groups -OCH3 is 1. The Bertz CT molecular complexity index is 401. The molecule has 1 atom stereocenters. The van der Waals surface area contributed by atoms with Gasteiger partial charge in [-0.05, 0) is 19.4 Å². The normalized spacial score (nSPS) is 12.2. The molecule has 0 saturated heterocycles. The van der Waals surface area contributed by atoms with Crippen LogP contribution in [0.25, 0.3) is 0 Å². The number of aromatic nitrogens is 2. The molecule has 0 aliphatic rings. The fourth-order valence-electron chi connectivity index (χ4n) is 1.18. The fraction of sp³-hybridized carbons (Fsp3) is 0.500. The van der Waals surface area contributed by atoms with E-state index in [9.17, 15) is 4.79 Å². The van der Waals surface area contributed by atoms with Crippen LogP contribution in [0, 0.1) is 0 Å². The average Bonchev–Trinajstić information content (AvgIpc) is 2.29. The molecular formula is C10H13Cl2N3O2. The lowest BCUT2D eigenvalue weighted by atomic mass is 10.2. The standard InChI is InChI=1S/C10H13Cl2N3O2/c1-6(3-4-17-2)13-10(16)7-5-8(11)14-15-9(7)12/h5-6H,3-4H2,1-2H3,(H,13,16). The quantitative estimate of drug-likeness (QED) is 0.894. The molecule has 1 heterocycles. The first-order valence-corrected chi connectivity index (χ1v) is 5.78. The summed E-state index contributed by atoms with van der Waals surface area (Å²) in [5.74, 6) is -0.324. The van der Waals surface area contributed by atoms with Crippen molar-refractivity contribution >= 4 is 29.1 Å². The Labute approximate surface area is 109 Å². The molecule has 1 amide bonds. The zero-order chi connectivity index (χ0) is 12.8. The molecule has 7 heteroatoms. The number of hydrogen-bond donors (Lipinski definition) is 1. The van der Waals surface area contributed by atoms with E-state index in [1.165, 1.54) is 6.07 Å². The summed E-state index contributed by atoms with van der Waals surface area (Å²) in [4.78, 5) is 11.8. The molecule has 0 spiro atoms. The summed E-state index contributed by atoms with van der Waals surface area (Å²) in [7, 11) is 1.61. The molecule has 1 aromatic heterocycles. The van der Waals surface area contributed by atoms with Gasteiger partial charge in [0.1, 0.15) is 0 Å². The predicted octanol–water partition coefficient (Wildman–Crippen LogP) is 1.94. The van der Waals surface area contributed by atoms with Gasteiger partial charge in [0.05, 0.1) is 5.56 Å². The SMILES string of the molecule is COCCC(C)NC(=O)c1cc(Cl)nnc1Cl. The summed E-state index contributed by atoms with van der Waals surface area (Å²) in [5, 5.41) is 10.0. The van der Waals surface area contributed by atoms with Crippen molar-refractivity contribution in [3.63, 3.8) is 0 Å². The van der Waals surface area contributed by atoms with Crippen molar-refractivity contribution in [2.75, 3.05) is 13.7 Å². The Morgan fingerprint density at radius 1 is 1.53 bits per heavy atom. The minimum absolute atomic E-state index is 0.0227. The second-order valence-electron chi connectivity index (χ2n) is 3.53. The maximum Gasteiger partial charge on any atom is 0.254 e. The molecule has 1 N–H and O–H groups in total. The van der Waals surface area contributed by atoms with Crippen molar-refractivity contribution in [2.24, 2.45) is 0 Å². The third-order valence-electron chi connectivity index (χ3n) is 2.10. The predicted molar refractivity (Wildman–Crippen MR) is 65.5 cm³/mol. The lowest BCUT2D eigenvalue weighted by molar-refractivity contribution is 0.0929. The molecule has 17 heavy (non-hydrogen) atoms. The largest absolute Gasteiger partial charge is 0.385 e. The van der Waals surface area contributed by atoms with Gasteiger partial charge in [0, 0.05) is 19.8 Å². The highest BCUT2D eigenvalue weighted by molar-refractivity contribution is 6.34. The van der Waals surface area contributed by atoms with E-state index in [2.05, 4.69) is 15.5 Å². The van der Waals surface area contributed by atoms with Crippen LogP contribution in [0.4, 0.5) is 0 Å². The maximum absolute atomic E-state index is 11.8. The lowest BCUT2D eigenvalue weighted by Gasteiger charge is -2.13. The van der Waals surface area contributed by atoms with E-state index in [1.807, 2.05) is 6.92 Å². The Balaban J connectivity index is 2.66. The number of rotatable bonds is 5. The van der Waals surface area contributed by atoms with E-state index in [1.54, 1.807) is 7.11 Å². The van der Waals surface area contributed by atoms with Crippen molar-refractivity contribution in [3.8, 4) is 0 Å². The van der Waals surface area contributed by atoms with Gasteiger partial charge in [0.25, 0.3) is 5.91 Å². The van der Waals surface area contributed by atoms with Crippen LogP contribution in [-0.4, -0.2) is 35.9 Å². The summed E-state index contributed by atoms with van der Waals surface area (Å²) in [6, 6.07) is 1.36. The Hall–Kier alpha value is -0.910. The lowest BCUT2D eigenvalue weighted by Crippen LogP contribution is -2.33. The van der Waals surface area contributed by atoms with Crippen LogP contribution in [-0.2, 0) is 4.74 Å². The average molecular weight is 278 g/mol. The number of amides is 1. The second-order valence-corrected chi connectivity index (χ2v) is 4.27. The first-order chi connectivity index (χ1) is 8.04. The van der Waals surface area contributed by atoms with Gasteiger partial charge in [-0.15, -0.1) is 10.2 Å². The highest BCUT2D eigenvalue weighted by Gasteiger charge is 2.15. The van der Waals surface area contributed by atoms with E-state index >= 15 is 0 Å². The Morgan fingerprint density at radius 2 is 2.24 bits per heavy atom. The molecule has 0 fully saturated rings. The highest BCUT2D eigenvalue weighted by Crippen LogP contribution is 2.15. The monoisotopic (exact) mass is 277 g/mol. The van der Waals surface area contributed by atoms with E-state index in [0.29, 0.717) is 13.0 Å². The van der Waals surface area contributed by atoms with E-state index < -0.39 is 0 Å². The van der Waals surface area contributed by atoms with Crippen molar-refractivity contribution in [1.29, 1.82) is 0 Å². The molecular weight excluding hydrogens is 265 g/mol. The van der Waals surface area contributed by atoms with Gasteiger partial charge in [-0.3, -0.25) is 4.79 Å². The van der Waals surface area contributed by atoms with E-state index in [4.69, 9.17) is 27.9 Å². The molecule has 0 radical (unpaired) electrons. The van der Waals surface area contributed by atoms with Crippen molar-refractivity contribution in [2.45, 2.75) is 19.4 Å². The zero-order valence-corrected chi connectivity index (χ0v) is 11.0. The number of halogens is 2. The number of ether oxygens (including phenoxy) is 1. The first-order valence-electron chi connectivity index (χ1n) is 5.03.